The van der Waals surface area contributed by atoms with Crippen LogP contribution >= 0.6 is 0 Å². The summed E-state index contributed by atoms with van der Waals surface area (Å²) in [7, 11) is 0. The number of ether oxygens (including phenoxy) is 1. The molecule has 1 N–H and O–H groups in total. The molecule has 0 aromatic carbocycles. The van der Waals surface area contributed by atoms with Gasteiger partial charge >= 0.3 is 11.9 Å². The number of hydrogen-bond donors (Lipinski definition) is 1. The average Bonchev–Trinajstić information content (AvgIpc) is 2.53. The number of esters is 1. The van der Waals surface area contributed by atoms with Gasteiger partial charge in [0.1, 0.15) is 12.1 Å². The van der Waals surface area contributed by atoms with Crippen LogP contribution < -0.4 is 0 Å². The summed E-state index contributed by atoms with van der Waals surface area (Å²) in [6, 6.07) is 1.25. The number of carboxylic acids is 1. The molecule has 0 aliphatic carbocycles. The van der Waals surface area contributed by atoms with Gasteiger partial charge in [0.2, 0.25) is 0 Å². The van der Waals surface area contributed by atoms with E-state index in [1.165, 1.54) is 10.6 Å². The molecule has 0 fully saturated rings. The SMILES string of the molecule is Cc1c(C(=O)O)cc(C=O)n1CC(=O)OC(C)(C)C. The number of rotatable bonds is 4. The van der Waals surface area contributed by atoms with Crippen molar-refractivity contribution < 1.29 is 24.2 Å². The molecule has 19 heavy (non-hydrogen) atoms. The fourth-order valence-electron chi connectivity index (χ4n) is 1.70. The summed E-state index contributed by atoms with van der Waals surface area (Å²) < 4.78 is 6.48. The van der Waals surface area contributed by atoms with E-state index in [0.717, 1.165) is 0 Å². The number of nitrogens with zero attached hydrogens (tertiary/aromatic N) is 1. The van der Waals surface area contributed by atoms with E-state index in [9.17, 15) is 14.4 Å². The van der Waals surface area contributed by atoms with Crippen molar-refractivity contribution in [2.75, 3.05) is 0 Å². The van der Waals surface area contributed by atoms with E-state index >= 15 is 0 Å². The lowest BCUT2D eigenvalue weighted by atomic mass is 10.2. The maximum atomic E-state index is 11.7. The number of carbonyl (C=O) groups is 3. The van der Waals surface area contributed by atoms with E-state index in [2.05, 4.69) is 0 Å². The zero-order valence-corrected chi connectivity index (χ0v) is 11.4. The lowest BCUT2D eigenvalue weighted by Gasteiger charge is -2.20. The Morgan fingerprint density at radius 1 is 1.42 bits per heavy atom. The standard InChI is InChI=1S/C13H17NO5/c1-8-10(12(17)18)5-9(7-15)14(8)6-11(16)19-13(2,3)4/h5,7H,6H2,1-4H3,(H,17,18). The first-order chi connectivity index (χ1) is 8.65. The largest absolute Gasteiger partial charge is 0.478 e. The van der Waals surface area contributed by atoms with E-state index in [1.54, 1.807) is 27.7 Å². The molecule has 0 amide bonds. The van der Waals surface area contributed by atoms with Gasteiger partial charge in [-0.05, 0) is 33.8 Å². The highest BCUT2D eigenvalue weighted by molar-refractivity contribution is 5.92. The molecule has 0 spiro atoms. The fourth-order valence-corrected chi connectivity index (χ4v) is 1.70. The van der Waals surface area contributed by atoms with Crippen LogP contribution in [0.2, 0.25) is 0 Å². The quantitative estimate of drug-likeness (QED) is 0.662. The minimum Gasteiger partial charge on any atom is -0.478 e. The Kier molecular flexibility index (Phi) is 4.14. The average molecular weight is 267 g/mol. The molecule has 6 nitrogen and oxygen atoms in total. The van der Waals surface area contributed by atoms with Gasteiger partial charge in [-0.1, -0.05) is 0 Å². The van der Waals surface area contributed by atoms with Crippen LogP contribution in [0.4, 0.5) is 0 Å². The van der Waals surface area contributed by atoms with Crippen molar-refractivity contribution in [3.05, 3.63) is 23.0 Å². The second-order valence-corrected chi connectivity index (χ2v) is 5.16. The van der Waals surface area contributed by atoms with E-state index < -0.39 is 17.5 Å². The molecule has 1 rings (SSSR count). The van der Waals surface area contributed by atoms with Gasteiger partial charge in [0.15, 0.2) is 6.29 Å². The molecule has 6 heteroatoms. The van der Waals surface area contributed by atoms with Gasteiger partial charge in [-0.3, -0.25) is 9.59 Å². The van der Waals surface area contributed by atoms with E-state index in [0.29, 0.717) is 12.0 Å². The molecular weight excluding hydrogens is 250 g/mol. The molecule has 0 atom stereocenters. The first-order valence-electron chi connectivity index (χ1n) is 5.76. The summed E-state index contributed by atoms with van der Waals surface area (Å²) in [5, 5.41) is 8.97. The normalized spacial score (nSPS) is 11.2. The highest BCUT2D eigenvalue weighted by Crippen LogP contribution is 2.16. The Hall–Kier alpha value is -2.11. The third-order valence-corrected chi connectivity index (χ3v) is 2.46. The smallest absolute Gasteiger partial charge is 0.337 e. The molecule has 0 saturated heterocycles. The Morgan fingerprint density at radius 3 is 2.42 bits per heavy atom. The Morgan fingerprint density at radius 2 is 2.00 bits per heavy atom. The van der Waals surface area contributed by atoms with Gasteiger partial charge in [0, 0.05) is 5.69 Å². The van der Waals surface area contributed by atoms with Gasteiger partial charge in [-0.15, -0.1) is 0 Å². The fraction of sp³-hybridized carbons (Fsp3) is 0.462. The molecular formula is C13H17NO5. The monoisotopic (exact) mass is 267 g/mol. The van der Waals surface area contributed by atoms with Gasteiger partial charge < -0.3 is 14.4 Å². The summed E-state index contributed by atoms with van der Waals surface area (Å²) in [5.74, 6) is -1.66. The Bertz CT molecular complexity index is 522. The van der Waals surface area contributed by atoms with Crippen LogP contribution in [0.5, 0.6) is 0 Å². The predicted molar refractivity (Wildman–Crippen MR) is 67.4 cm³/mol. The van der Waals surface area contributed by atoms with Crippen molar-refractivity contribution in [1.29, 1.82) is 0 Å². The number of carbonyl (C=O) groups excluding carboxylic acids is 2. The number of carboxylic acid groups (broad SMARTS) is 1. The predicted octanol–water partition coefficient (Wildman–Crippen LogP) is 1.65. The van der Waals surface area contributed by atoms with Gasteiger partial charge in [-0.25, -0.2) is 4.79 Å². The molecule has 0 saturated carbocycles. The summed E-state index contributed by atoms with van der Waals surface area (Å²) in [6.45, 7) is 6.55. The van der Waals surface area contributed by atoms with Crippen LogP contribution in [-0.4, -0.2) is 33.5 Å². The Balaban J connectivity index is 3.04. The molecule has 0 aliphatic heterocycles. The topological polar surface area (TPSA) is 85.6 Å². The van der Waals surface area contributed by atoms with E-state index in [4.69, 9.17) is 9.84 Å². The van der Waals surface area contributed by atoms with Crippen LogP contribution in [0.25, 0.3) is 0 Å². The van der Waals surface area contributed by atoms with Crippen LogP contribution in [0.3, 0.4) is 0 Å². The maximum Gasteiger partial charge on any atom is 0.337 e. The van der Waals surface area contributed by atoms with Crippen molar-refractivity contribution in [1.82, 2.24) is 4.57 Å². The van der Waals surface area contributed by atoms with Crippen molar-refractivity contribution in [3.8, 4) is 0 Å². The van der Waals surface area contributed by atoms with Gasteiger partial charge in [0.05, 0.1) is 11.3 Å². The minimum atomic E-state index is -1.14. The van der Waals surface area contributed by atoms with Gasteiger partial charge in [-0.2, -0.15) is 0 Å². The molecule has 1 heterocycles. The van der Waals surface area contributed by atoms with Crippen LogP contribution in [0.15, 0.2) is 6.07 Å². The van der Waals surface area contributed by atoms with E-state index in [1.807, 2.05) is 0 Å². The molecule has 1 aromatic heterocycles. The summed E-state index contributed by atoms with van der Waals surface area (Å²) in [4.78, 5) is 33.6. The molecule has 1 aromatic rings. The van der Waals surface area contributed by atoms with Crippen LogP contribution in [0, 0.1) is 6.92 Å². The lowest BCUT2D eigenvalue weighted by molar-refractivity contribution is -0.155. The van der Waals surface area contributed by atoms with E-state index in [-0.39, 0.29) is 17.8 Å². The summed E-state index contributed by atoms with van der Waals surface area (Å²) in [6.07, 6.45) is 0.518. The van der Waals surface area contributed by atoms with Crippen molar-refractivity contribution in [3.63, 3.8) is 0 Å². The molecule has 104 valence electrons. The third kappa shape index (κ3) is 3.67. The minimum absolute atomic E-state index is 0.00524. The highest BCUT2D eigenvalue weighted by atomic mass is 16.6. The third-order valence-electron chi connectivity index (χ3n) is 2.46. The number of aromatic carboxylic acids is 1. The summed E-state index contributed by atoms with van der Waals surface area (Å²) >= 11 is 0. The Labute approximate surface area is 111 Å². The highest BCUT2D eigenvalue weighted by Gasteiger charge is 2.21. The van der Waals surface area contributed by atoms with Crippen LogP contribution in [0.1, 0.15) is 47.3 Å². The zero-order valence-electron chi connectivity index (χ0n) is 11.4. The zero-order chi connectivity index (χ0) is 14.8. The second kappa shape index (κ2) is 5.26. The van der Waals surface area contributed by atoms with Crippen molar-refractivity contribution in [2.45, 2.75) is 39.8 Å². The number of hydrogen-bond acceptors (Lipinski definition) is 4. The molecule has 0 unspecified atom stereocenters. The first kappa shape index (κ1) is 14.9. The van der Waals surface area contributed by atoms with Crippen molar-refractivity contribution in [2.24, 2.45) is 0 Å². The molecule has 0 aliphatic rings. The first-order valence-corrected chi connectivity index (χ1v) is 5.76. The summed E-state index contributed by atoms with van der Waals surface area (Å²) in [5.41, 5.74) is -0.137. The van der Waals surface area contributed by atoms with Crippen LogP contribution in [-0.2, 0) is 16.1 Å². The lowest BCUT2D eigenvalue weighted by Crippen LogP contribution is -2.27. The number of aromatic nitrogens is 1. The maximum absolute atomic E-state index is 11.7. The molecule has 0 bridgehead atoms. The number of aldehydes is 1. The molecule has 0 radical (unpaired) electrons. The second-order valence-electron chi connectivity index (χ2n) is 5.16. The van der Waals surface area contributed by atoms with Gasteiger partial charge in [0.25, 0.3) is 0 Å². The van der Waals surface area contributed by atoms with Crippen molar-refractivity contribution >= 4 is 18.2 Å².